The van der Waals surface area contributed by atoms with Gasteiger partial charge < -0.3 is 9.84 Å². The molecule has 4 heteroatoms. The lowest BCUT2D eigenvalue weighted by Crippen LogP contribution is -2.27. The highest BCUT2D eigenvalue weighted by molar-refractivity contribution is 5.77. The van der Waals surface area contributed by atoms with Crippen molar-refractivity contribution in [3.05, 3.63) is 0 Å². The molecule has 0 rings (SSSR count). The number of carbonyl (C=O) groups excluding carboxylic acids is 1. The average molecular weight is 497 g/mol. The van der Waals surface area contributed by atoms with E-state index in [0.717, 1.165) is 38.5 Å². The molecule has 0 spiro atoms. The Morgan fingerprint density at radius 1 is 0.514 bits per heavy atom. The molecule has 1 N–H and O–H groups in total. The van der Waals surface area contributed by atoms with Crippen molar-refractivity contribution < 1.29 is 19.4 Å². The molecule has 0 aromatic carbocycles. The van der Waals surface area contributed by atoms with E-state index in [1.54, 1.807) is 0 Å². The zero-order chi connectivity index (χ0) is 25.8. The Hall–Kier alpha value is -1.06. The number of carboxylic acid groups (broad SMARTS) is 1. The smallest absolute Gasteiger partial charge is 0.345 e. The van der Waals surface area contributed by atoms with E-state index >= 15 is 0 Å². The molecule has 0 saturated heterocycles. The largest absolute Gasteiger partial charge is 0.479 e. The van der Waals surface area contributed by atoms with E-state index in [2.05, 4.69) is 13.8 Å². The molecule has 208 valence electrons. The Morgan fingerprint density at radius 2 is 0.829 bits per heavy atom. The monoisotopic (exact) mass is 496 g/mol. The van der Waals surface area contributed by atoms with Crippen molar-refractivity contribution in [3.8, 4) is 0 Å². The number of aliphatic carboxylic acids is 1. The SMILES string of the molecule is CCCCCCCCCCCCCCCCC(=O)OC(CCCCCCCCCCCC)C(=O)O. The third-order valence-corrected chi connectivity index (χ3v) is 7.10. The first-order chi connectivity index (χ1) is 17.1. The molecule has 0 fully saturated rings. The number of hydrogen-bond acceptors (Lipinski definition) is 3. The topological polar surface area (TPSA) is 63.6 Å². The van der Waals surface area contributed by atoms with Crippen LogP contribution in [-0.2, 0) is 14.3 Å². The van der Waals surface area contributed by atoms with Crippen LogP contribution in [0, 0.1) is 0 Å². The van der Waals surface area contributed by atoms with Gasteiger partial charge in [0.1, 0.15) is 0 Å². The molecule has 4 nitrogen and oxygen atoms in total. The number of carbonyl (C=O) groups is 2. The van der Waals surface area contributed by atoms with Crippen LogP contribution in [0.3, 0.4) is 0 Å². The summed E-state index contributed by atoms with van der Waals surface area (Å²) in [6.45, 7) is 4.50. The second-order valence-electron chi connectivity index (χ2n) is 10.6. The van der Waals surface area contributed by atoms with E-state index < -0.39 is 12.1 Å². The maximum Gasteiger partial charge on any atom is 0.345 e. The molecule has 0 aromatic rings. The summed E-state index contributed by atoms with van der Waals surface area (Å²) < 4.78 is 5.27. The molecule has 0 aliphatic heterocycles. The lowest BCUT2D eigenvalue weighted by molar-refractivity contribution is -0.164. The van der Waals surface area contributed by atoms with Gasteiger partial charge in [-0.1, -0.05) is 155 Å². The predicted molar refractivity (Wildman–Crippen MR) is 149 cm³/mol. The standard InChI is InChI=1S/C31H60O4/c1-3-5-7-9-11-13-15-16-17-18-20-22-24-26-28-30(32)35-29(31(33)34)27-25-23-21-19-14-12-10-8-6-4-2/h29H,3-28H2,1-2H3,(H,33,34). The molecule has 35 heavy (non-hydrogen) atoms. The van der Waals surface area contributed by atoms with Gasteiger partial charge >= 0.3 is 11.9 Å². The van der Waals surface area contributed by atoms with Crippen LogP contribution in [-0.4, -0.2) is 23.1 Å². The highest BCUT2D eigenvalue weighted by Crippen LogP contribution is 2.16. The zero-order valence-electron chi connectivity index (χ0n) is 23.6. The van der Waals surface area contributed by atoms with Crippen molar-refractivity contribution in [2.24, 2.45) is 0 Å². The van der Waals surface area contributed by atoms with Crippen LogP contribution in [0.5, 0.6) is 0 Å². The van der Waals surface area contributed by atoms with Crippen LogP contribution in [0.2, 0.25) is 0 Å². The number of ether oxygens (including phenoxy) is 1. The first-order valence-electron chi connectivity index (χ1n) is 15.5. The van der Waals surface area contributed by atoms with E-state index in [-0.39, 0.29) is 5.97 Å². The van der Waals surface area contributed by atoms with E-state index in [1.165, 1.54) is 116 Å². The van der Waals surface area contributed by atoms with Crippen molar-refractivity contribution in [3.63, 3.8) is 0 Å². The Kier molecular flexibility index (Phi) is 26.7. The van der Waals surface area contributed by atoms with Crippen LogP contribution in [0.25, 0.3) is 0 Å². The van der Waals surface area contributed by atoms with Crippen molar-refractivity contribution in [1.82, 2.24) is 0 Å². The Bertz CT molecular complexity index is 463. The van der Waals surface area contributed by atoms with Gasteiger partial charge in [0.2, 0.25) is 0 Å². The summed E-state index contributed by atoms with van der Waals surface area (Å²) in [6, 6.07) is 0. The fraction of sp³-hybridized carbons (Fsp3) is 0.935. The van der Waals surface area contributed by atoms with Crippen LogP contribution in [0.1, 0.15) is 181 Å². The van der Waals surface area contributed by atoms with Gasteiger partial charge in [-0.15, -0.1) is 0 Å². The molecule has 0 aliphatic rings. The zero-order valence-corrected chi connectivity index (χ0v) is 23.6. The van der Waals surface area contributed by atoms with Crippen molar-refractivity contribution in [1.29, 1.82) is 0 Å². The molecule has 0 amide bonds. The predicted octanol–water partition coefficient (Wildman–Crippen LogP) is 10.2. The minimum atomic E-state index is -1.00. The van der Waals surface area contributed by atoms with Gasteiger partial charge in [-0.2, -0.15) is 0 Å². The average Bonchev–Trinajstić information content (AvgIpc) is 2.84. The minimum absolute atomic E-state index is 0.344. The summed E-state index contributed by atoms with van der Waals surface area (Å²) in [6.07, 6.45) is 29.8. The molecule has 0 saturated carbocycles. The van der Waals surface area contributed by atoms with E-state index in [0.29, 0.717) is 12.8 Å². The van der Waals surface area contributed by atoms with Gasteiger partial charge in [-0.05, 0) is 19.3 Å². The number of carboxylic acids is 1. The molecular weight excluding hydrogens is 436 g/mol. The van der Waals surface area contributed by atoms with Crippen molar-refractivity contribution in [2.45, 2.75) is 187 Å². The van der Waals surface area contributed by atoms with Gasteiger partial charge in [-0.3, -0.25) is 4.79 Å². The normalized spacial score (nSPS) is 12.1. The summed E-state index contributed by atoms with van der Waals surface area (Å²) in [4.78, 5) is 23.5. The number of hydrogen-bond donors (Lipinski definition) is 1. The molecule has 0 heterocycles. The minimum Gasteiger partial charge on any atom is -0.479 e. The Balaban J connectivity index is 3.55. The number of unbranched alkanes of at least 4 members (excludes halogenated alkanes) is 22. The molecule has 0 aromatic heterocycles. The van der Waals surface area contributed by atoms with Crippen LogP contribution < -0.4 is 0 Å². The van der Waals surface area contributed by atoms with Gasteiger partial charge in [-0.25, -0.2) is 4.79 Å². The van der Waals surface area contributed by atoms with Crippen LogP contribution in [0.4, 0.5) is 0 Å². The van der Waals surface area contributed by atoms with Crippen LogP contribution in [0.15, 0.2) is 0 Å². The summed E-state index contributed by atoms with van der Waals surface area (Å²) in [5, 5.41) is 9.38. The summed E-state index contributed by atoms with van der Waals surface area (Å²) in [5.74, 6) is -1.35. The second-order valence-corrected chi connectivity index (χ2v) is 10.6. The van der Waals surface area contributed by atoms with Crippen molar-refractivity contribution >= 4 is 11.9 Å². The number of rotatable bonds is 28. The fourth-order valence-corrected chi connectivity index (χ4v) is 4.73. The first-order valence-corrected chi connectivity index (χ1v) is 15.5. The number of esters is 1. The van der Waals surface area contributed by atoms with Gasteiger partial charge in [0.25, 0.3) is 0 Å². The maximum absolute atomic E-state index is 12.1. The maximum atomic E-state index is 12.1. The second kappa shape index (κ2) is 27.5. The highest BCUT2D eigenvalue weighted by Gasteiger charge is 2.21. The highest BCUT2D eigenvalue weighted by atomic mass is 16.6. The van der Waals surface area contributed by atoms with Gasteiger partial charge in [0.05, 0.1) is 0 Å². The quantitative estimate of drug-likeness (QED) is 0.0864. The fourth-order valence-electron chi connectivity index (χ4n) is 4.73. The third-order valence-electron chi connectivity index (χ3n) is 7.10. The van der Waals surface area contributed by atoms with Gasteiger partial charge in [0, 0.05) is 6.42 Å². The molecule has 1 atom stereocenters. The Labute approximate surface area is 218 Å². The van der Waals surface area contributed by atoms with E-state index in [1.807, 2.05) is 0 Å². The summed E-state index contributed by atoms with van der Waals surface area (Å²) in [7, 11) is 0. The Morgan fingerprint density at radius 3 is 1.17 bits per heavy atom. The van der Waals surface area contributed by atoms with Crippen LogP contribution >= 0.6 is 0 Å². The van der Waals surface area contributed by atoms with Crippen molar-refractivity contribution in [2.75, 3.05) is 0 Å². The van der Waals surface area contributed by atoms with Gasteiger partial charge in [0.15, 0.2) is 6.10 Å². The summed E-state index contributed by atoms with van der Waals surface area (Å²) >= 11 is 0. The van der Waals surface area contributed by atoms with E-state index in [9.17, 15) is 14.7 Å². The lowest BCUT2D eigenvalue weighted by atomic mass is 10.0. The molecular formula is C31H60O4. The molecule has 0 radical (unpaired) electrons. The first kappa shape index (κ1) is 33.9. The summed E-state index contributed by atoms with van der Waals surface area (Å²) in [5.41, 5.74) is 0. The molecule has 1 unspecified atom stereocenters. The third kappa shape index (κ3) is 25.8. The molecule has 0 bridgehead atoms. The van der Waals surface area contributed by atoms with E-state index in [4.69, 9.17) is 4.74 Å². The molecule has 0 aliphatic carbocycles. The lowest BCUT2D eigenvalue weighted by Gasteiger charge is -2.13.